The second-order valence-electron chi connectivity index (χ2n) is 7.69. The van der Waals surface area contributed by atoms with Crippen LogP contribution >= 0.6 is 0 Å². The van der Waals surface area contributed by atoms with Crippen molar-refractivity contribution in [3.63, 3.8) is 0 Å². The SMILES string of the molecule is Cc1ccc(N2C(=O)[C@@H]3[C@@H]4O[C@@]5(CCO[C@H]2[C@H]35)C[C@H]4O)cc1C(F)(F)F. The molecule has 8 heteroatoms. The third-order valence-electron chi connectivity index (χ3n) is 6.36. The smallest absolute Gasteiger partial charge is 0.390 e. The van der Waals surface area contributed by atoms with Gasteiger partial charge in [0.1, 0.15) is 6.23 Å². The topological polar surface area (TPSA) is 59.0 Å². The lowest BCUT2D eigenvalue weighted by Crippen LogP contribution is -2.52. The molecule has 1 spiro atoms. The molecule has 0 aliphatic carbocycles. The van der Waals surface area contributed by atoms with Crippen LogP contribution in [-0.4, -0.2) is 41.7 Å². The van der Waals surface area contributed by atoms with Gasteiger partial charge in [-0.1, -0.05) is 6.07 Å². The van der Waals surface area contributed by atoms with E-state index < -0.39 is 41.7 Å². The third-order valence-corrected chi connectivity index (χ3v) is 6.36. The zero-order valence-electron chi connectivity index (χ0n) is 14.0. The maximum atomic E-state index is 13.3. The molecular formula is C18H18F3NO4. The second kappa shape index (κ2) is 4.99. The number of nitrogens with zero attached hydrogens (tertiary/aromatic N) is 1. The minimum absolute atomic E-state index is 0.105. The molecule has 4 aliphatic rings. The minimum Gasteiger partial charge on any atom is -0.390 e. The van der Waals surface area contributed by atoms with Gasteiger partial charge in [0.15, 0.2) is 0 Å². The normalized spacial score (nSPS) is 41.0. The van der Waals surface area contributed by atoms with Crippen LogP contribution in [0, 0.1) is 18.8 Å². The zero-order valence-corrected chi connectivity index (χ0v) is 14.0. The molecule has 26 heavy (non-hydrogen) atoms. The number of carbonyl (C=O) groups is 1. The largest absolute Gasteiger partial charge is 0.416 e. The van der Waals surface area contributed by atoms with E-state index in [4.69, 9.17) is 9.47 Å². The Bertz CT molecular complexity index is 797. The van der Waals surface area contributed by atoms with Crippen molar-refractivity contribution in [3.8, 4) is 0 Å². The molecule has 5 rings (SSSR count). The van der Waals surface area contributed by atoms with E-state index in [2.05, 4.69) is 0 Å². The summed E-state index contributed by atoms with van der Waals surface area (Å²) in [6.45, 7) is 1.73. The van der Waals surface area contributed by atoms with Crippen molar-refractivity contribution < 1.29 is 32.5 Å². The van der Waals surface area contributed by atoms with Crippen molar-refractivity contribution in [1.82, 2.24) is 0 Å². The highest BCUT2D eigenvalue weighted by molar-refractivity contribution is 5.99. The van der Waals surface area contributed by atoms with Gasteiger partial charge in [0.25, 0.3) is 0 Å². The number of halogens is 3. The van der Waals surface area contributed by atoms with Crippen LogP contribution < -0.4 is 4.90 Å². The number of hydrogen-bond donors (Lipinski definition) is 1. The average Bonchev–Trinajstić information content (AvgIpc) is 3.16. The number of anilines is 1. The van der Waals surface area contributed by atoms with Crippen LogP contribution in [0.2, 0.25) is 0 Å². The average molecular weight is 369 g/mol. The van der Waals surface area contributed by atoms with E-state index in [1.165, 1.54) is 24.0 Å². The minimum atomic E-state index is -4.49. The van der Waals surface area contributed by atoms with Crippen molar-refractivity contribution in [1.29, 1.82) is 0 Å². The summed E-state index contributed by atoms with van der Waals surface area (Å²) in [7, 11) is 0. The number of amides is 1. The van der Waals surface area contributed by atoms with Gasteiger partial charge in [-0.2, -0.15) is 13.2 Å². The summed E-state index contributed by atoms with van der Waals surface area (Å²) in [5, 5.41) is 10.2. The van der Waals surface area contributed by atoms with Gasteiger partial charge in [-0.05, 0) is 24.6 Å². The summed E-state index contributed by atoms with van der Waals surface area (Å²) >= 11 is 0. The highest BCUT2D eigenvalue weighted by atomic mass is 19.4. The first-order chi connectivity index (χ1) is 12.2. The molecule has 2 bridgehead atoms. The van der Waals surface area contributed by atoms with Gasteiger partial charge < -0.3 is 14.6 Å². The molecule has 4 saturated heterocycles. The highest BCUT2D eigenvalue weighted by Gasteiger charge is 2.73. The Hall–Kier alpha value is -1.64. The number of hydrogen-bond acceptors (Lipinski definition) is 4. The van der Waals surface area contributed by atoms with Crippen LogP contribution in [0.25, 0.3) is 0 Å². The lowest BCUT2D eigenvalue weighted by Gasteiger charge is -2.42. The molecule has 0 saturated carbocycles. The van der Waals surface area contributed by atoms with Crippen molar-refractivity contribution in [2.75, 3.05) is 11.5 Å². The van der Waals surface area contributed by atoms with E-state index in [0.29, 0.717) is 19.4 Å². The monoisotopic (exact) mass is 369 g/mol. The van der Waals surface area contributed by atoms with Crippen LogP contribution in [0.15, 0.2) is 18.2 Å². The van der Waals surface area contributed by atoms with Crippen LogP contribution in [0.5, 0.6) is 0 Å². The Morgan fingerprint density at radius 2 is 2.12 bits per heavy atom. The Morgan fingerprint density at radius 3 is 2.85 bits per heavy atom. The van der Waals surface area contributed by atoms with Crippen LogP contribution in [-0.2, 0) is 20.4 Å². The van der Waals surface area contributed by atoms with Gasteiger partial charge >= 0.3 is 6.18 Å². The molecule has 4 fully saturated rings. The van der Waals surface area contributed by atoms with E-state index in [9.17, 15) is 23.1 Å². The first kappa shape index (κ1) is 16.5. The number of rotatable bonds is 1. The fourth-order valence-electron chi connectivity index (χ4n) is 5.30. The van der Waals surface area contributed by atoms with Gasteiger partial charge in [-0.3, -0.25) is 9.69 Å². The molecule has 6 atom stereocenters. The molecule has 1 aromatic rings. The standard InChI is InChI=1S/C18H18F3NO4/c1-8-2-3-9(6-10(8)18(19,20)21)22-15(24)12-13-16(22)25-5-4-17(13)7-11(23)14(12)26-17/h2-3,6,11-14,16,23H,4-5,7H2,1H3/t11-,12+,13+,14-,16+,17+/m1/s1. The Kier molecular flexibility index (Phi) is 3.17. The molecule has 5 nitrogen and oxygen atoms in total. The highest BCUT2D eigenvalue weighted by Crippen LogP contribution is 2.60. The zero-order chi connectivity index (χ0) is 18.4. The van der Waals surface area contributed by atoms with E-state index in [1.807, 2.05) is 0 Å². The predicted molar refractivity (Wildman–Crippen MR) is 83.2 cm³/mol. The second-order valence-corrected chi connectivity index (χ2v) is 7.69. The number of alkyl halides is 3. The van der Waals surface area contributed by atoms with Crippen LogP contribution in [0.1, 0.15) is 24.0 Å². The maximum absolute atomic E-state index is 13.3. The van der Waals surface area contributed by atoms with Crippen molar-refractivity contribution in [2.24, 2.45) is 11.8 Å². The van der Waals surface area contributed by atoms with Crippen LogP contribution in [0.3, 0.4) is 0 Å². The van der Waals surface area contributed by atoms with Gasteiger partial charge in [-0.15, -0.1) is 0 Å². The summed E-state index contributed by atoms with van der Waals surface area (Å²) in [4.78, 5) is 14.4. The van der Waals surface area contributed by atoms with Crippen LogP contribution in [0.4, 0.5) is 18.9 Å². The molecular weight excluding hydrogens is 351 g/mol. The van der Waals surface area contributed by atoms with Crippen molar-refractivity contribution in [2.45, 2.75) is 50.0 Å². The molecule has 0 unspecified atom stereocenters. The van der Waals surface area contributed by atoms with E-state index in [0.717, 1.165) is 6.07 Å². The summed E-state index contributed by atoms with van der Waals surface area (Å²) in [5.74, 6) is -1.16. The van der Waals surface area contributed by atoms with Crippen molar-refractivity contribution >= 4 is 11.6 Å². The number of aliphatic hydroxyl groups excluding tert-OH is 1. The van der Waals surface area contributed by atoms with E-state index in [-0.39, 0.29) is 23.1 Å². The lowest BCUT2D eigenvalue weighted by atomic mass is 9.69. The fourth-order valence-corrected chi connectivity index (χ4v) is 5.30. The summed E-state index contributed by atoms with van der Waals surface area (Å²) in [6, 6.07) is 3.91. The number of ether oxygens (including phenoxy) is 2. The van der Waals surface area contributed by atoms with Gasteiger partial charge in [0.2, 0.25) is 5.91 Å². The molecule has 4 heterocycles. The Labute approximate surface area is 147 Å². The predicted octanol–water partition coefficient (Wildman–Crippen LogP) is 2.24. The third kappa shape index (κ3) is 1.95. The van der Waals surface area contributed by atoms with Gasteiger partial charge in [0.05, 0.1) is 35.9 Å². The van der Waals surface area contributed by atoms with Gasteiger partial charge in [-0.25, -0.2) is 0 Å². The Morgan fingerprint density at radius 1 is 1.35 bits per heavy atom. The van der Waals surface area contributed by atoms with Crippen molar-refractivity contribution in [3.05, 3.63) is 29.3 Å². The first-order valence-electron chi connectivity index (χ1n) is 8.71. The molecule has 1 amide bonds. The number of aryl methyl sites for hydroxylation is 1. The molecule has 1 N–H and O–H groups in total. The number of fused-ring (bicyclic) bond motifs is 2. The quantitative estimate of drug-likeness (QED) is 0.825. The molecule has 1 aromatic carbocycles. The number of aliphatic hydroxyl groups is 1. The molecule has 140 valence electrons. The summed E-state index contributed by atoms with van der Waals surface area (Å²) in [5.41, 5.74) is -1.09. The molecule has 4 aliphatic heterocycles. The van der Waals surface area contributed by atoms with E-state index >= 15 is 0 Å². The first-order valence-corrected chi connectivity index (χ1v) is 8.71. The van der Waals surface area contributed by atoms with E-state index in [1.54, 1.807) is 0 Å². The fraction of sp³-hybridized carbons (Fsp3) is 0.611. The summed E-state index contributed by atoms with van der Waals surface area (Å²) in [6.07, 6.45) is -5.44. The molecule has 0 radical (unpaired) electrons. The Balaban J connectivity index is 1.59. The molecule has 0 aromatic heterocycles. The number of benzene rings is 1. The van der Waals surface area contributed by atoms with Gasteiger partial charge in [0, 0.05) is 24.4 Å². The maximum Gasteiger partial charge on any atom is 0.416 e. The number of carbonyl (C=O) groups excluding carboxylic acids is 1. The summed E-state index contributed by atoms with van der Waals surface area (Å²) < 4.78 is 51.7. The lowest BCUT2D eigenvalue weighted by molar-refractivity contribution is -0.138.